The van der Waals surface area contributed by atoms with Gasteiger partial charge in [0.25, 0.3) is 0 Å². The molecule has 3 heteroatoms. The number of halogens is 1. The molecule has 1 unspecified atom stereocenters. The van der Waals surface area contributed by atoms with Crippen molar-refractivity contribution in [2.75, 3.05) is 6.54 Å². The molecule has 2 nitrogen and oxygen atoms in total. The van der Waals surface area contributed by atoms with Gasteiger partial charge in [0, 0.05) is 12.5 Å². The summed E-state index contributed by atoms with van der Waals surface area (Å²) in [5.74, 6) is -0.114. The first-order chi connectivity index (χ1) is 8.02. The molecule has 0 saturated carbocycles. The zero-order valence-corrected chi connectivity index (χ0v) is 10.7. The fourth-order valence-electron chi connectivity index (χ4n) is 1.56. The number of aryl methyl sites for hydroxylation is 1. The summed E-state index contributed by atoms with van der Waals surface area (Å²) in [7, 11) is 0. The van der Waals surface area contributed by atoms with Crippen molar-refractivity contribution in [3.05, 3.63) is 35.1 Å². The lowest BCUT2D eigenvalue weighted by molar-refractivity contribution is -0.117. The summed E-state index contributed by atoms with van der Waals surface area (Å²) in [6.07, 6.45) is 1.37. The molecule has 1 aromatic carbocycles. The predicted molar refractivity (Wildman–Crippen MR) is 67.6 cm³/mol. The molecule has 17 heavy (non-hydrogen) atoms. The maximum absolute atomic E-state index is 12.9. The molecule has 0 heterocycles. The number of Topliss-reactive ketones (excluding diaryl/α,β-unsaturated/α-hetero) is 1. The van der Waals surface area contributed by atoms with Gasteiger partial charge in [-0.15, -0.1) is 0 Å². The Balaban J connectivity index is 2.50. The van der Waals surface area contributed by atoms with Gasteiger partial charge >= 0.3 is 0 Å². The Kier molecular flexibility index (Phi) is 5.29. The minimum Gasteiger partial charge on any atom is -0.307 e. The largest absolute Gasteiger partial charge is 0.307 e. The first kappa shape index (κ1) is 13.8. The van der Waals surface area contributed by atoms with Crippen LogP contribution in [-0.4, -0.2) is 18.4 Å². The summed E-state index contributed by atoms with van der Waals surface area (Å²) < 4.78 is 12.9. The van der Waals surface area contributed by atoms with E-state index in [4.69, 9.17) is 0 Å². The molecule has 1 atom stereocenters. The van der Waals surface area contributed by atoms with Crippen LogP contribution in [0.15, 0.2) is 18.2 Å². The summed E-state index contributed by atoms with van der Waals surface area (Å²) in [6, 6.07) is 4.90. The summed E-state index contributed by atoms with van der Waals surface area (Å²) in [5.41, 5.74) is 1.74. The fraction of sp³-hybridized carbons (Fsp3) is 0.500. The van der Waals surface area contributed by atoms with Crippen molar-refractivity contribution in [1.82, 2.24) is 5.32 Å². The summed E-state index contributed by atoms with van der Waals surface area (Å²) in [5, 5.41) is 3.16. The van der Waals surface area contributed by atoms with Crippen LogP contribution in [0.1, 0.15) is 31.4 Å². The second-order valence-corrected chi connectivity index (χ2v) is 4.48. The molecule has 0 aliphatic rings. The zero-order valence-electron chi connectivity index (χ0n) is 10.7. The number of carbonyl (C=O) groups is 1. The van der Waals surface area contributed by atoms with Gasteiger partial charge in [-0.1, -0.05) is 13.0 Å². The van der Waals surface area contributed by atoms with Gasteiger partial charge in [0.15, 0.2) is 5.78 Å². The number of carbonyl (C=O) groups excluding carboxylic acids is 1. The van der Waals surface area contributed by atoms with Crippen molar-refractivity contribution >= 4 is 5.78 Å². The first-order valence-electron chi connectivity index (χ1n) is 6.03. The lowest BCUT2D eigenvalue weighted by Gasteiger charge is -2.11. The van der Waals surface area contributed by atoms with E-state index in [1.54, 1.807) is 6.07 Å². The average Bonchev–Trinajstić information content (AvgIpc) is 2.29. The van der Waals surface area contributed by atoms with E-state index in [0.29, 0.717) is 19.0 Å². The van der Waals surface area contributed by atoms with Crippen LogP contribution in [0.3, 0.4) is 0 Å². The van der Waals surface area contributed by atoms with Crippen LogP contribution in [-0.2, 0) is 11.2 Å². The quantitative estimate of drug-likeness (QED) is 0.824. The standard InChI is InChI=1S/C14H20FNO/c1-4-11(3)16-9-14(17)8-12-5-6-13(15)7-10(12)2/h5-7,11,16H,4,8-9H2,1-3H3. The van der Waals surface area contributed by atoms with E-state index >= 15 is 0 Å². The molecule has 0 amide bonds. The van der Waals surface area contributed by atoms with Crippen molar-refractivity contribution in [1.29, 1.82) is 0 Å². The lowest BCUT2D eigenvalue weighted by atomic mass is 10.0. The molecule has 94 valence electrons. The SMILES string of the molecule is CCC(C)NCC(=O)Cc1ccc(F)cc1C. The second-order valence-electron chi connectivity index (χ2n) is 4.48. The third-order valence-electron chi connectivity index (χ3n) is 2.95. The summed E-state index contributed by atoms with van der Waals surface area (Å²) in [6.45, 7) is 6.34. The Hall–Kier alpha value is -1.22. The molecule has 1 aromatic rings. The van der Waals surface area contributed by atoms with Gasteiger partial charge in [-0.2, -0.15) is 0 Å². The van der Waals surface area contributed by atoms with Gasteiger partial charge < -0.3 is 5.32 Å². The molecule has 0 aliphatic heterocycles. The Morgan fingerprint density at radius 3 is 2.76 bits per heavy atom. The van der Waals surface area contributed by atoms with Crippen molar-refractivity contribution in [3.8, 4) is 0 Å². The van der Waals surface area contributed by atoms with E-state index in [9.17, 15) is 9.18 Å². The number of rotatable bonds is 6. The Morgan fingerprint density at radius 2 is 2.18 bits per heavy atom. The van der Waals surface area contributed by atoms with E-state index in [1.807, 2.05) is 6.92 Å². The van der Waals surface area contributed by atoms with Gasteiger partial charge in [0.1, 0.15) is 5.82 Å². The normalized spacial score (nSPS) is 12.5. The molecular weight excluding hydrogens is 217 g/mol. The molecule has 0 aliphatic carbocycles. The summed E-state index contributed by atoms with van der Waals surface area (Å²) >= 11 is 0. The van der Waals surface area contributed by atoms with Crippen molar-refractivity contribution in [2.45, 2.75) is 39.7 Å². The third-order valence-corrected chi connectivity index (χ3v) is 2.95. The highest BCUT2D eigenvalue weighted by Crippen LogP contribution is 2.10. The molecular formula is C14H20FNO. The minimum atomic E-state index is -0.253. The maximum atomic E-state index is 12.9. The van der Waals surface area contributed by atoms with E-state index in [1.165, 1.54) is 12.1 Å². The predicted octanol–water partition coefficient (Wildman–Crippen LogP) is 2.63. The van der Waals surface area contributed by atoms with E-state index < -0.39 is 0 Å². The Bertz CT molecular complexity index is 390. The molecule has 0 radical (unpaired) electrons. The van der Waals surface area contributed by atoms with Crippen LogP contribution in [0, 0.1) is 12.7 Å². The van der Waals surface area contributed by atoms with Gasteiger partial charge in [-0.3, -0.25) is 4.79 Å². The average molecular weight is 237 g/mol. The van der Waals surface area contributed by atoms with Crippen LogP contribution in [0.4, 0.5) is 4.39 Å². The number of ketones is 1. The van der Waals surface area contributed by atoms with Crippen LogP contribution in [0.25, 0.3) is 0 Å². The Labute approximate surface area is 102 Å². The molecule has 0 spiro atoms. The van der Waals surface area contributed by atoms with E-state index in [-0.39, 0.29) is 11.6 Å². The monoisotopic (exact) mass is 237 g/mol. The minimum absolute atomic E-state index is 0.139. The number of nitrogens with one attached hydrogen (secondary N) is 1. The van der Waals surface area contributed by atoms with Crippen molar-refractivity contribution < 1.29 is 9.18 Å². The van der Waals surface area contributed by atoms with Gasteiger partial charge in [-0.05, 0) is 43.5 Å². The topological polar surface area (TPSA) is 29.1 Å². The fourth-order valence-corrected chi connectivity index (χ4v) is 1.56. The molecule has 1 rings (SSSR count). The van der Waals surface area contributed by atoms with Crippen LogP contribution in [0.5, 0.6) is 0 Å². The molecule has 0 bridgehead atoms. The highest BCUT2D eigenvalue weighted by Gasteiger charge is 2.08. The van der Waals surface area contributed by atoms with Crippen molar-refractivity contribution in [3.63, 3.8) is 0 Å². The van der Waals surface area contributed by atoms with Crippen LogP contribution in [0.2, 0.25) is 0 Å². The Morgan fingerprint density at radius 1 is 1.47 bits per heavy atom. The van der Waals surface area contributed by atoms with Gasteiger partial charge in [0.2, 0.25) is 0 Å². The number of hydrogen-bond acceptors (Lipinski definition) is 2. The lowest BCUT2D eigenvalue weighted by Crippen LogP contribution is -2.31. The molecule has 1 N–H and O–H groups in total. The van der Waals surface area contributed by atoms with Crippen molar-refractivity contribution in [2.24, 2.45) is 0 Å². The summed E-state index contributed by atoms with van der Waals surface area (Å²) in [4.78, 5) is 11.7. The number of benzene rings is 1. The van der Waals surface area contributed by atoms with E-state index in [0.717, 1.165) is 17.5 Å². The van der Waals surface area contributed by atoms with E-state index in [2.05, 4.69) is 19.2 Å². The number of hydrogen-bond donors (Lipinski definition) is 1. The smallest absolute Gasteiger partial charge is 0.150 e. The highest BCUT2D eigenvalue weighted by molar-refractivity contribution is 5.83. The first-order valence-corrected chi connectivity index (χ1v) is 6.03. The maximum Gasteiger partial charge on any atom is 0.150 e. The molecule has 0 fully saturated rings. The zero-order chi connectivity index (χ0) is 12.8. The van der Waals surface area contributed by atoms with Gasteiger partial charge in [-0.25, -0.2) is 4.39 Å². The molecule has 0 saturated heterocycles. The molecule has 0 aromatic heterocycles. The van der Waals surface area contributed by atoms with Crippen LogP contribution < -0.4 is 5.32 Å². The van der Waals surface area contributed by atoms with Crippen LogP contribution >= 0.6 is 0 Å². The highest BCUT2D eigenvalue weighted by atomic mass is 19.1. The second kappa shape index (κ2) is 6.50. The van der Waals surface area contributed by atoms with Gasteiger partial charge in [0.05, 0.1) is 6.54 Å². The third kappa shape index (κ3) is 4.65.